The number of nitrogens with two attached hydrogens (primary N) is 1. The lowest BCUT2D eigenvalue weighted by molar-refractivity contribution is 0.263. The topological polar surface area (TPSA) is 75.2 Å². The van der Waals surface area contributed by atoms with Gasteiger partial charge in [0.15, 0.2) is 17.3 Å². The van der Waals surface area contributed by atoms with Gasteiger partial charge in [0.1, 0.15) is 12.9 Å². The molecule has 6 nitrogen and oxygen atoms in total. The molecule has 0 bridgehead atoms. The largest absolute Gasteiger partial charge is 0.493 e. The molecule has 114 valence electrons. The standard InChI is InChI=1S/C15H22N4O2/c1-11(2)8-19-14(17-10-18-19)9-21-15-12(7-16)5-4-6-13(15)20-3/h4-6,10-11H,7-9,16H2,1-3H3. The van der Waals surface area contributed by atoms with Crippen LogP contribution in [0.25, 0.3) is 0 Å². The smallest absolute Gasteiger partial charge is 0.166 e. The number of ether oxygens (including phenoxy) is 2. The summed E-state index contributed by atoms with van der Waals surface area (Å²) >= 11 is 0. The van der Waals surface area contributed by atoms with Gasteiger partial charge in [0.25, 0.3) is 0 Å². The molecular formula is C15H22N4O2. The van der Waals surface area contributed by atoms with Crippen LogP contribution < -0.4 is 15.2 Å². The number of methoxy groups -OCH3 is 1. The van der Waals surface area contributed by atoms with Gasteiger partial charge < -0.3 is 15.2 Å². The Labute approximate surface area is 124 Å². The lowest BCUT2D eigenvalue weighted by Gasteiger charge is -2.14. The predicted molar refractivity (Wildman–Crippen MR) is 80.1 cm³/mol. The van der Waals surface area contributed by atoms with Crippen LogP contribution in [-0.2, 0) is 19.7 Å². The van der Waals surface area contributed by atoms with Gasteiger partial charge in [-0.3, -0.25) is 0 Å². The Bertz CT molecular complexity index is 559. The highest BCUT2D eigenvalue weighted by molar-refractivity contribution is 5.46. The van der Waals surface area contributed by atoms with Gasteiger partial charge in [-0.15, -0.1) is 0 Å². The van der Waals surface area contributed by atoms with Crippen molar-refractivity contribution in [3.63, 3.8) is 0 Å². The van der Waals surface area contributed by atoms with E-state index in [1.165, 1.54) is 0 Å². The second-order valence-electron chi connectivity index (χ2n) is 5.19. The third-order valence-electron chi connectivity index (χ3n) is 3.08. The second kappa shape index (κ2) is 7.08. The maximum Gasteiger partial charge on any atom is 0.166 e. The summed E-state index contributed by atoms with van der Waals surface area (Å²) in [5.41, 5.74) is 6.66. The monoisotopic (exact) mass is 290 g/mol. The average Bonchev–Trinajstić information content (AvgIpc) is 2.91. The van der Waals surface area contributed by atoms with Crippen molar-refractivity contribution in [1.29, 1.82) is 0 Å². The minimum atomic E-state index is 0.333. The van der Waals surface area contributed by atoms with E-state index >= 15 is 0 Å². The van der Waals surface area contributed by atoms with Crippen molar-refractivity contribution < 1.29 is 9.47 Å². The van der Waals surface area contributed by atoms with Gasteiger partial charge in [-0.2, -0.15) is 5.10 Å². The number of aromatic nitrogens is 3. The number of hydrogen-bond acceptors (Lipinski definition) is 5. The van der Waals surface area contributed by atoms with Crippen molar-refractivity contribution in [2.45, 2.75) is 33.5 Å². The lowest BCUT2D eigenvalue weighted by Crippen LogP contribution is -2.13. The molecule has 0 atom stereocenters. The molecule has 2 rings (SSSR count). The molecule has 0 amide bonds. The maximum absolute atomic E-state index is 5.89. The van der Waals surface area contributed by atoms with Crippen LogP contribution >= 0.6 is 0 Å². The summed E-state index contributed by atoms with van der Waals surface area (Å²) in [5, 5.41) is 4.22. The fourth-order valence-corrected chi connectivity index (χ4v) is 2.08. The molecule has 0 aliphatic carbocycles. The van der Waals surface area contributed by atoms with Crippen LogP contribution in [0.5, 0.6) is 11.5 Å². The van der Waals surface area contributed by atoms with E-state index in [0.717, 1.165) is 17.9 Å². The van der Waals surface area contributed by atoms with E-state index in [0.29, 0.717) is 30.6 Å². The summed E-state index contributed by atoms with van der Waals surface area (Å²) in [5.74, 6) is 2.63. The summed E-state index contributed by atoms with van der Waals surface area (Å²) in [7, 11) is 1.61. The minimum Gasteiger partial charge on any atom is -0.493 e. The molecule has 0 unspecified atom stereocenters. The molecule has 1 aromatic heterocycles. The molecule has 0 spiro atoms. The fourth-order valence-electron chi connectivity index (χ4n) is 2.08. The van der Waals surface area contributed by atoms with Crippen molar-refractivity contribution in [3.8, 4) is 11.5 Å². The molecule has 0 fully saturated rings. The van der Waals surface area contributed by atoms with Gasteiger partial charge in [-0.1, -0.05) is 26.0 Å². The van der Waals surface area contributed by atoms with Crippen molar-refractivity contribution in [3.05, 3.63) is 35.9 Å². The third-order valence-corrected chi connectivity index (χ3v) is 3.08. The number of benzene rings is 1. The summed E-state index contributed by atoms with van der Waals surface area (Å²) in [6, 6.07) is 5.68. The average molecular weight is 290 g/mol. The van der Waals surface area contributed by atoms with Gasteiger partial charge in [-0.05, 0) is 12.0 Å². The molecular weight excluding hydrogens is 268 g/mol. The normalized spacial score (nSPS) is 10.9. The third kappa shape index (κ3) is 3.72. The zero-order chi connectivity index (χ0) is 15.2. The van der Waals surface area contributed by atoms with Crippen molar-refractivity contribution >= 4 is 0 Å². The first kappa shape index (κ1) is 15.3. The SMILES string of the molecule is COc1cccc(CN)c1OCc1ncnn1CC(C)C. The van der Waals surface area contributed by atoms with Crippen LogP contribution in [0.2, 0.25) is 0 Å². The molecule has 0 aliphatic heterocycles. The van der Waals surface area contributed by atoms with Gasteiger partial charge in [-0.25, -0.2) is 9.67 Å². The highest BCUT2D eigenvalue weighted by Crippen LogP contribution is 2.31. The summed E-state index contributed by atoms with van der Waals surface area (Å²) in [6.45, 7) is 5.82. The highest BCUT2D eigenvalue weighted by Gasteiger charge is 2.12. The van der Waals surface area contributed by atoms with Crippen LogP contribution in [0.15, 0.2) is 24.5 Å². The van der Waals surface area contributed by atoms with E-state index in [1.54, 1.807) is 13.4 Å². The molecule has 1 heterocycles. The maximum atomic E-state index is 5.89. The van der Waals surface area contributed by atoms with E-state index < -0.39 is 0 Å². The van der Waals surface area contributed by atoms with Gasteiger partial charge in [0, 0.05) is 18.7 Å². The van der Waals surface area contributed by atoms with Crippen LogP contribution in [0.1, 0.15) is 25.2 Å². The summed E-state index contributed by atoms with van der Waals surface area (Å²) in [6.07, 6.45) is 1.55. The van der Waals surface area contributed by atoms with Crippen molar-refractivity contribution in [2.24, 2.45) is 11.7 Å². The zero-order valence-corrected chi connectivity index (χ0v) is 12.7. The molecule has 0 saturated carbocycles. The Kier molecular flexibility index (Phi) is 5.16. The first-order chi connectivity index (χ1) is 10.2. The lowest BCUT2D eigenvalue weighted by atomic mass is 10.2. The number of hydrogen-bond donors (Lipinski definition) is 1. The van der Waals surface area contributed by atoms with Crippen LogP contribution in [-0.4, -0.2) is 21.9 Å². The van der Waals surface area contributed by atoms with E-state index in [9.17, 15) is 0 Å². The summed E-state index contributed by atoms with van der Waals surface area (Å²) < 4.78 is 13.1. The Morgan fingerprint density at radius 1 is 1.33 bits per heavy atom. The van der Waals surface area contributed by atoms with Crippen LogP contribution in [0.4, 0.5) is 0 Å². The Morgan fingerprint density at radius 2 is 2.14 bits per heavy atom. The Hall–Kier alpha value is -2.08. The van der Waals surface area contributed by atoms with Crippen molar-refractivity contribution in [2.75, 3.05) is 7.11 Å². The van der Waals surface area contributed by atoms with E-state index in [2.05, 4.69) is 23.9 Å². The van der Waals surface area contributed by atoms with E-state index in [-0.39, 0.29) is 0 Å². The second-order valence-corrected chi connectivity index (χ2v) is 5.19. The molecule has 1 aromatic carbocycles. The number of rotatable bonds is 7. The predicted octanol–water partition coefficient (Wildman–Crippen LogP) is 1.98. The summed E-state index contributed by atoms with van der Waals surface area (Å²) in [4.78, 5) is 4.25. The van der Waals surface area contributed by atoms with E-state index in [4.69, 9.17) is 15.2 Å². The Morgan fingerprint density at radius 3 is 2.81 bits per heavy atom. The van der Waals surface area contributed by atoms with Gasteiger partial charge in [0.2, 0.25) is 0 Å². The van der Waals surface area contributed by atoms with Crippen LogP contribution in [0.3, 0.4) is 0 Å². The zero-order valence-electron chi connectivity index (χ0n) is 12.7. The van der Waals surface area contributed by atoms with Crippen LogP contribution in [0, 0.1) is 5.92 Å². The van der Waals surface area contributed by atoms with Gasteiger partial charge >= 0.3 is 0 Å². The van der Waals surface area contributed by atoms with Gasteiger partial charge in [0.05, 0.1) is 7.11 Å². The number of para-hydroxylation sites is 1. The van der Waals surface area contributed by atoms with E-state index in [1.807, 2.05) is 22.9 Å². The molecule has 2 aromatic rings. The molecule has 0 radical (unpaired) electrons. The molecule has 6 heteroatoms. The minimum absolute atomic E-state index is 0.333. The molecule has 21 heavy (non-hydrogen) atoms. The molecule has 0 aliphatic rings. The Balaban J connectivity index is 2.15. The molecule has 2 N–H and O–H groups in total. The van der Waals surface area contributed by atoms with Crippen molar-refractivity contribution in [1.82, 2.24) is 14.8 Å². The highest BCUT2D eigenvalue weighted by atomic mass is 16.5. The fraction of sp³-hybridized carbons (Fsp3) is 0.467. The first-order valence-corrected chi connectivity index (χ1v) is 7.01. The quantitative estimate of drug-likeness (QED) is 0.844. The first-order valence-electron chi connectivity index (χ1n) is 7.01. The number of nitrogens with zero attached hydrogens (tertiary/aromatic N) is 3. The molecule has 0 saturated heterocycles.